The van der Waals surface area contributed by atoms with Crippen molar-refractivity contribution in [2.45, 2.75) is 57.8 Å². The number of piperazine rings is 1. The second-order valence-electron chi connectivity index (χ2n) is 6.99. The van der Waals surface area contributed by atoms with E-state index in [1.807, 2.05) is 0 Å². The Bertz CT molecular complexity index is 482. The van der Waals surface area contributed by atoms with Gasteiger partial charge in [0.25, 0.3) is 0 Å². The van der Waals surface area contributed by atoms with Gasteiger partial charge in [0.2, 0.25) is 0 Å². The quantitative estimate of drug-likeness (QED) is 0.869. The molecule has 0 spiro atoms. The van der Waals surface area contributed by atoms with E-state index in [0.717, 1.165) is 36.7 Å². The van der Waals surface area contributed by atoms with E-state index in [0.29, 0.717) is 0 Å². The molecule has 1 aliphatic heterocycles. The fraction of sp³-hybridized carbons (Fsp3) is 0.765. The number of furan rings is 1. The normalized spacial score (nSPS) is 24.6. The molecular weight excluding hydrogens is 262 g/mol. The molecule has 4 rings (SSSR count). The van der Waals surface area contributed by atoms with Crippen LogP contribution in [0.25, 0.3) is 0 Å². The van der Waals surface area contributed by atoms with Crippen molar-refractivity contribution in [2.75, 3.05) is 26.2 Å². The van der Waals surface area contributed by atoms with Crippen LogP contribution in [-0.2, 0) is 13.1 Å². The predicted octanol–water partition coefficient (Wildman–Crippen LogP) is 2.12. The van der Waals surface area contributed by atoms with Crippen molar-refractivity contribution in [1.29, 1.82) is 0 Å². The van der Waals surface area contributed by atoms with Gasteiger partial charge in [-0.3, -0.25) is 9.80 Å². The summed E-state index contributed by atoms with van der Waals surface area (Å²) < 4.78 is 5.96. The van der Waals surface area contributed by atoms with E-state index >= 15 is 0 Å². The van der Waals surface area contributed by atoms with Crippen LogP contribution in [0.3, 0.4) is 0 Å². The lowest BCUT2D eigenvalue weighted by molar-refractivity contribution is 0.115. The van der Waals surface area contributed by atoms with Gasteiger partial charge in [-0.05, 0) is 38.7 Å². The highest BCUT2D eigenvalue weighted by Gasteiger charge is 2.31. The highest BCUT2D eigenvalue weighted by molar-refractivity contribution is 5.21. The Hall–Kier alpha value is -0.840. The molecule has 21 heavy (non-hydrogen) atoms. The summed E-state index contributed by atoms with van der Waals surface area (Å²) in [5.41, 5.74) is 1.34. The number of hydrogen-bond donors (Lipinski definition) is 1. The Kier molecular flexibility index (Phi) is 3.78. The molecule has 1 aromatic heterocycles. The first-order chi connectivity index (χ1) is 10.3. The molecule has 0 bridgehead atoms. The summed E-state index contributed by atoms with van der Waals surface area (Å²) >= 11 is 0. The van der Waals surface area contributed by atoms with Gasteiger partial charge in [0, 0.05) is 50.4 Å². The molecule has 0 radical (unpaired) electrons. The van der Waals surface area contributed by atoms with Crippen LogP contribution < -0.4 is 5.32 Å². The molecule has 116 valence electrons. The minimum absolute atomic E-state index is 0.762. The predicted molar refractivity (Wildman–Crippen MR) is 83.2 cm³/mol. The summed E-state index contributed by atoms with van der Waals surface area (Å²) in [7, 11) is 0. The van der Waals surface area contributed by atoms with E-state index in [2.05, 4.69) is 28.1 Å². The zero-order chi connectivity index (χ0) is 14.2. The summed E-state index contributed by atoms with van der Waals surface area (Å²) in [5.74, 6) is 2.23. The van der Waals surface area contributed by atoms with Crippen molar-refractivity contribution in [3.05, 3.63) is 23.2 Å². The molecule has 4 nitrogen and oxygen atoms in total. The zero-order valence-corrected chi connectivity index (χ0v) is 13.1. The summed E-state index contributed by atoms with van der Waals surface area (Å²) in [4.78, 5) is 5.20. The molecule has 2 saturated carbocycles. The topological polar surface area (TPSA) is 31.7 Å². The molecule has 0 unspecified atom stereocenters. The minimum atomic E-state index is 0.762. The number of hydrogen-bond acceptors (Lipinski definition) is 4. The highest BCUT2D eigenvalue weighted by atomic mass is 16.3. The Morgan fingerprint density at radius 1 is 1.14 bits per heavy atom. The van der Waals surface area contributed by atoms with Crippen molar-refractivity contribution in [3.63, 3.8) is 0 Å². The fourth-order valence-corrected chi connectivity index (χ4v) is 3.33. The molecule has 2 heterocycles. The average molecular weight is 289 g/mol. The molecule has 1 aromatic rings. The van der Waals surface area contributed by atoms with Gasteiger partial charge in [0.05, 0.1) is 6.54 Å². The molecular formula is C17H27N3O. The Morgan fingerprint density at radius 3 is 2.57 bits per heavy atom. The second-order valence-corrected chi connectivity index (χ2v) is 6.99. The van der Waals surface area contributed by atoms with Crippen LogP contribution in [0, 0.1) is 6.92 Å². The lowest BCUT2D eigenvalue weighted by atomic mass is 10.2. The van der Waals surface area contributed by atoms with Gasteiger partial charge in [-0.1, -0.05) is 0 Å². The SMILES string of the molecule is Cc1oc(CN2CCN(C3CC3)CC2)cc1CNC1CC1. The van der Waals surface area contributed by atoms with Crippen molar-refractivity contribution in [1.82, 2.24) is 15.1 Å². The van der Waals surface area contributed by atoms with Gasteiger partial charge in [-0.15, -0.1) is 0 Å². The Morgan fingerprint density at radius 2 is 1.90 bits per heavy atom. The average Bonchev–Trinajstić information content (AvgIpc) is 3.37. The zero-order valence-electron chi connectivity index (χ0n) is 13.1. The standard InChI is InChI=1S/C17H27N3O/c1-13-14(11-18-15-2-3-15)10-17(21-13)12-19-6-8-20(9-7-19)16-4-5-16/h10,15-16,18H,2-9,11-12H2,1H3. The Balaban J connectivity index is 1.28. The first kappa shape index (κ1) is 13.8. The van der Waals surface area contributed by atoms with Gasteiger partial charge >= 0.3 is 0 Å². The van der Waals surface area contributed by atoms with E-state index in [4.69, 9.17) is 4.42 Å². The largest absolute Gasteiger partial charge is 0.465 e. The summed E-state index contributed by atoms with van der Waals surface area (Å²) in [6.45, 7) is 8.88. The third kappa shape index (κ3) is 3.50. The van der Waals surface area contributed by atoms with Crippen LogP contribution in [0.2, 0.25) is 0 Å². The monoisotopic (exact) mass is 289 g/mol. The van der Waals surface area contributed by atoms with E-state index in [-0.39, 0.29) is 0 Å². The second kappa shape index (κ2) is 5.75. The third-order valence-corrected chi connectivity index (χ3v) is 5.08. The third-order valence-electron chi connectivity index (χ3n) is 5.08. The van der Waals surface area contributed by atoms with Crippen LogP contribution in [0.1, 0.15) is 42.8 Å². The van der Waals surface area contributed by atoms with Crippen LogP contribution in [0.5, 0.6) is 0 Å². The first-order valence-corrected chi connectivity index (χ1v) is 8.56. The smallest absolute Gasteiger partial charge is 0.118 e. The molecule has 1 saturated heterocycles. The van der Waals surface area contributed by atoms with E-state index < -0.39 is 0 Å². The molecule has 2 aliphatic carbocycles. The Labute approximate surface area is 127 Å². The van der Waals surface area contributed by atoms with Crippen molar-refractivity contribution in [3.8, 4) is 0 Å². The number of aryl methyl sites for hydroxylation is 1. The molecule has 0 amide bonds. The van der Waals surface area contributed by atoms with Crippen LogP contribution in [0.15, 0.2) is 10.5 Å². The summed E-state index contributed by atoms with van der Waals surface area (Å²) in [6.07, 6.45) is 5.54. The van der Waals surface area contributed by atoms with Gasteiger partial charge in [0.1, 0.15) is 11.5 Å². The molecule has 3 fully saturated rings. The minimum Gasteiger partial charge on any atom is -0.465 e. The van der Waals surface area contributed by atoms with Crippen LogP contribution in [-0.4, -0.2) is 48.1 Å². The first-order valence-electron chi connectivity index (χ1n) is 8.56. The summed E-state index contributed by atoms with van der Waals surface area (Å²) in [5, 5.41) is 3.58. The maximum absolute atomic E-state index is 5.96. The molecule has 1 N–H and O–H groups in total. The van der Waals surface area contributed by atoms with Crippen LogP contribution in [0.4, 0.5) is 0 Å². The van der Waals surface area contributed by atoms with E-state index in [1.54, 1.807) is 0 Å². The van der Waals surface area contributed by atoms with E-state index in [9.17, 15) is 0 Å². The lowest BCUT2D eigenvalue weighted by Gasteiger charge is -2.34. The van der Waals surface area contributed by atoms with Crippen molar-refractivity contribution >= 4 is 0 Å². The van der Waals surface area contributed by atoms with Gasteiger partial charge in [0.15, 0.2) is 0 Å². The van der Waals surface area contributed by atoms with Crippen LogP contribution >= 0.6 is 0 Å². The molecule has 3 aliphatic rings. The van der Waals surface area contributed by atoms with E-state index in [1.165, 1.54) is 57.4 Å². The van der Waals surface area contributed by atoms with Gasteiger partial charge < -0.3 is 9.73 Å². The molecule has 0 atom stereocenters. The highest BCUT2D eigenvalue weighted by Crippen LogP contribution is 2.28. The fourth-order valence-electron chi connectivity index (χ4n) is 3.33. The number of rotatable bonds is 6. The lowest BCUT2D eigenvalue weighted by Crippen LogP contribution is -2.46. The molecule has 0 aromatic carbocycles. The van der Waals surface area contributed by atoms with Gasteiger partial charge in [-0.2, -0.15) is 0 Å². The maximum atomic E-state index is 5.96. The van der Waals surface area contributed by atoms with Gasteiger partial charge in [-0.25, -0.2) is 0 Å². The van der Waals surface area contributed by atoms with Crippen molar-refractivity contribution < 1.29 is 4.42 Å². The summed E-state index contributed by atoms with van der Waals surface area (Å²) in [6, 6.07) is 3.94. The molecule has 4 heteroatoms. The number of nitrogens with zero attached hydrogens (tertiary/aromatic N) is 2. The maximum Gasteiger partial charge on any atom is 0.118 e. The number of nitrogens with one attached hydrogen (secondary N) is 1. The van der Waals surface area contributed by atoms with Crippen molar-refractivity contribution in [2.24, 2.45) is 0 Å².